The van der Waals surface area contributed by atoms with E-state index in [4.69, 9.17) is 21.3 Å². The molecule has 7 nitrogen and oxygen atoms in total. The van der Waals surface area contributed by atoms with Crippen molar-refractivity contribution < 1.29 is 13.5 Å². The fourth-order valence-corrected chi connectivity index (χ4v) is 4.96. The predicted molar refractivity (Wildman–Crippen MR) is 124 cm³/mol. The average molecular weight is 477 g/mol. The van der Waals surface area contributed by atoms with Gasteiger partial charge in [-0.2, -0.15) is 4.98 Å². The molecule has 0 radical (unpaired) electrons. The van der Waals surface area contributed by atoms with E-state index in [9.17, 15) is 8.78 Å². The van der Waals surface area contributed by atoms with Crippen molar-refractivity contribution in [2.24, 2.45) is 5.92 Å². The molecule has 5 rings (SSSR count). The molecule has 176 valence electrons. The first-order valence-corrected chi connectivity index (χ1v) is 11.9. The highest BCUT2D eigenvalue weighted by Crippen LogP contribution is 2.36. The summed E-state index contributed by atoms with van der Waals surface area (Å²) >= 11 is 5.79. The first-order valence-electron chi connectivity index (χ1n) is 11.5. The molecule has 0 amide bonds. The van der Waals surface area contributed by atoms with Crippen LogP contribution < -0.4 is 10.6 Å². The minimum absolute atomic E-state index is 0.000238. The van der Waals surface area contributed by atoms with Crippen molar-refractivity contribution in [3.05, 3.63) is 35.0 Å². The lowest BCUT2D eigenvalue weighted by Gasteiger charge is -2.29. The Morgan fingerprint density at radius 2 is 1.85 bits per heavy atom. The number of rotatable bonds is 5. The molecule has 0 spiro atoms. The van der Waals surface area contributed by atoms with Gasteiger partial charge in [-0.15, -0.1) is 0 Å². The summed E-state index contributed by atoms with van der Waals surface area (Å²) in [7, 11) is 0. The molecule has 1 aromatic carbocycles. The maximum atomic E-state index is 14.5. The van der Waals surface area contributed by atoms with Crippen LogP contribution in [0.25, 0.3) is 11.2 Å². The van der Waals surface area contributed by atoms with Crippen molar-refractivity contribution in [2.75, 3.05) is 23.8 Å². The molecule has 2 fully saturated rings. The van der Waals surface area contributed by atoms with Crippen LogP contribution in [0.4, 0.5) is 26.4 Å². The second-order valence-corrected chi connectivity index (χ2v) is 9.40. The first-order chi connectivity index (χ1) is 16.0. The third kappa shape index (κ3) is 4.61. The van der Waals surface area contributed by atoms with Crippen molar-refractivity contribution in [3.8, 4) is 0 Å². The Bertz CT molecular complexity index is 1130. The number of nitrogens with one attached hydrogen (secondary N) is 2. The molecule has 2 atom stereocenters. The third-order valence-corrected chi connectivity index (χ3v) is 6.79. The van der Waals surface area contributed by atoms with E-state index in [1.807, 2.05) is 4.57 Å². The van der Waals surface area contributed by atoms with Gasteiger partial charge in [-0.05, 0) is 37.3 Å². The zero-order chi connectivity index (χ0) is 22.9. The van der Waals surface area contributed by atoms with E-state index in [-0.39, 0.29) is 22.8 Å². The van der Waals surface area contributed by atoms with Gasteiger partial charge in [0.15, 0.2) is 17.3 Å². The van der Waals surface area contributed by atoms with Crippen LogP contribution in [0.3, 0.4) is 0 Å². The number of nitrogens with zero attached hydrogens (tertiary/aromatic N) is 4. The Labute approximate surface area is 195 Å². The molecule has 10 heteroatoms. The smallest absolute Gasteiger partial charge is 0.224 e. The standard InChI is InChI=1S/C23H27ClF2N6O/c1-13-12-33-8-7-18(13)28-22-27-11-19-21(31-22)32(15-5-3-2-4-6-15)23(29-19)30-20-16(25)9-14(24)10-17(20)26/h9-11,13,15,18H,2-8,12H2,1H3,(H,29,30)(H,27,28,31)/t13-,18-/m0/s1. The van der Waals surface area contributed by atoms with Crippen LogP contribution in [0.15, 0.2) is 18.3 Å². The molecule has 1 saturated carbocycles. The summed E-state index contributed by atoms with van der Waals surface area (Å²) < 4.78 is 36.5. The van der Waals surface area contributed by atoms with Gasteiger partial charge in [0.05, 0.1) is 12.8 Å². The van der Waals surface area contributed by atoms with E-state index in [0.717, 1.165) is 44.2 Å². The lowest BCUT2D eigenvalue weighted by molar-refractivity contribution is 0.0536. The summed E-state index contributed by atoms with van der Waals surface area (Å²) in [6.45, 7) is 3.54. The van der Waals surface area contributed by atoms with Gasteiger partial charge >= 0.3 is 0 Å². The summed E-state index contributed by atoms with van der Waals surface area (Å²) in [6, 6.07) is 2.51. The first kappa shape index (κ1) is 22.3. The molecule has 2 aliphatic rings. The van der Waals surface area contributed by atoms with Crippen LogP contribution in [0.2, 0.25) is 5.02 Å². The quantitative estimate of drug-likeness (QED) is 0.481. The maximum Gasteiger partial charge on any atom is 0.224 e. The highest BCUT2D eigenvalue weighted by Gasteiger charge is 2.26. The van der Waals surface area contributed by atoms with Gasteiger partial charge in [0, 0.05) is 23.7 Å². The minimum Gasteiger partial charge on any atom is -0.381 e. The van der Waals surface area contributed by atoms with Crippen LogP contribution in [-0.2, 0) is 4.74 Å². The number of benzene rings is 1. The summed E-state index contributed by atoms with van der Waals surface area (Å²) in [4.78, 5) is 13.8. The molecule has 1 aliphatic heterocycles. The SMILES string of the molecule is C[C@H]1COCC[C@@H]1Nc1ncc2nc(Nc3c(F)cc(Cl)cc3F)n(C3CCCCC3)c2n1. The highest BCUT2D eigenvalue weighted by molar-refractivity contribution is 6.30. The molecule has 1 saturated heterocycles. The van der Waals surface area contributed by atoms with Crippen LogP contribution >= 0.6 is 11.6 Å². The summed E-state index contributed by atoms with van der Waals surface area (Å²) in [6.07, 6.45) is 7.80. The Hall–Kier alpha value is -2.52. The minimum atomic E-state index is -0.774. The molecule has 33 heavy (non-hydrogen) atoms. The molecule has 3 heterocycles. The van der Waals surface area contributed by atoms with Crippen LogP contribution in [-0.4, -0.2) is 38.8 Å². The molecule has 1 aliphatic carbocycles. The molecule has 0 unspecified atom stereocenters. The molecule has 0 bridgehead atoms. The number of halogens is 3. The van der Waals surface area contributed by atoms with Crippen LogP contribution in [0, 0.1) is 17.6 Å². The molecule has 2 N–H and O–H groups in total. The fourth-order valence-electron chi connectivity index (χ4n) is 4.77. The van der Waals surface area contributed by atoms with Crippen LogP contribution in [0.5, 0.6) is 0 Å². The number of fused-ring (bicyclic) bond motifs is 1. The number of hydrogen-bond donors (Lipinski definition) is 2. The number of ether oxygens (including phenoxy) is 1. The van der Waals surface area contributed by atoms with E-state index in [1.165, 1.54) is 6.42 Å². The Morgan fingerprint density at radius 1 is 1.09 bits per heavy atom. The molecule has 2 aromatic heterocycles. The Balaban J connectivity index is 1.54. The summed E-state index contributed by atoms with van der Waals surface area (Å²) in [5.41, 5.74) is 0.939. The second-order valence-electron chi connectivity index (χ2n) is 8.96. The fraction of sp³-hybridized carbons (Fsp3) is 0.522. The highest BCUT2D eigenvalue weighted by atomic mass is 35.5. The zero-order valence-electron chi connectivity index (χ0n) is 18.5. The lowest BCUT2D eigenvalue weighted by Crippen LogP contribution is -2.36. The van der Waals surface area contributed by atoms with E-state index < -0.39 is 11.6 Å². The van der Waals surface area contributed by atoms with E-state index in [1.54, 1.807) is 6.20 Å². The van der Waals surface area contributed by atoms with Gasteiger partial charge in [-0.3, -0.25) is 4.57 Å². The topological polar surface area (TPSA) is 76.9 Å². The van der Waals surface area contributed by atoms with Crippen molar-refractivity contribution in [1.82, 2.24) is 19.5 Å². The number of aromatic nitrogens is 4. The Morgan fingerprint density at radius 3 is 2.58 bits per heavy atom. The van der Waals surface area contributed by atoms with Gasteiger partial charge in [0.25, 0.3) is 0 Å². The van der Waals surface area contributed by atoms with E-state index >= 15 is 0 Å². The molecular formula is C23H27ClF2N6O. The number of imidazole rings is 1. The normalized spacial score (nSPS) is 21.9. The third-order valence-electron chi connectivity index (χ3n) is 6.57. The van der Waals surface area contributed by atoms with Gasteiger partial charge in [-0.25, -0.2) is 18.7 Å². The number of hydrogen-bond acceptors (Lipinski definition) is 6. The monoisotopic (exact) mass is 476 g/mol. The lowest BCUT2D eigenvalue weighted by atomic mass is 9.95. The summed E-state index contributed by atoms with van der Waals surface area (Å²) in [5.74, 6) is -0.334. The summed E-state index contributed by atoms with van der Waals surface area (Å²) in [5, 5.41) is 6.31. The largest absolute Gasteiger partial charge is 0.381 e. The van der Waals surface area contributed by atoms with Gasteiger partial charge in [0.1, 0.15) is 11.2 Å². The van der Waals surface area contributed by atoms with Gasteiger partial charge in [-0.1, -0.05) is 37.8 Å². The van der Waals surface area contributed by atoms with Crippen LogP contribution in [0.1, 0.15) is 51.5 Å². The van der Waals surface area contributed by atoms with E-state index in [2.05, 4.69) is 27.5 Å². The predicted octanol–water partition coefficient (Wildman–Crippen LogP) is 5.84. The average Bonchev–Trinajstić information content (AvgIpc) is 3.15. The van der Waals surface area contributed by atoms with Crippen molar-refractivity contribution >= 4 is 40.3 Å². The van der Waals surface area contributed by atoms with Crippen molar-refractivity contribution in [2.45, 2.75) is 57.5 Å². The second kappa shape index (κ2) is 9.38. The molecule has 3 aromatic rings. The zero-order valence-corrected chi connectivity index (χ0v) is 19.2. The van der Waals surface area contributed by atoms with Gasteiger partial charge in [0.2, 0.25) is 11.9 Å². The molecular weight excluding hydrogens is 450 g/mol. The van der Waals surface area contributed by atoms with Crippen molar-refractivity contribution in [1.29, 1.82) is 0 Å². The van der Waals surface area contributed by atoms with Crippen molar-refractivity contribution in [3.63, 3.8) is 0 Å². The van der Waals surface area contributed by atoms with Gasteiger partial charge < -0.3 is 15.4 Å². The number of anilines is 3. The Kier molecular flexibility index (Phi) is 6.34. The maximum absolute atomic E-state index is 14.5. The van der Waals surface area contributed by atoms with E-state index in [0.29, 0.717) is 42.2 Å².